The van der Waals surface area contributed by atoms with E-state index in [9.17, 15) is 14.7 Å². The first kappa shape index (κ1) is 21.7. The molecule has 33 heavy (non-hydrogen) atoms. The highest BCUT2D eigenvalue weighted by Gasteiger charge is 2.54. The van der Waals surface area contributed by atoms with E-state index in [0.29, 0.717) is 12.1 Å². The Kier molecular flexibility index (Phi) is 6.15. The van der Waals surface area contributed by atoms with Gasteiger partial charge in [-0.3, -0.25) is 14.6 Å². The molecule has 1 aliphatic carbocycles. The highest BCUT2D eigenvalue weighted by molar-refractivity contribution is 5.97. The van der Waals surface area contributed by atoms with E-state index in [2.05, 4.69) is 29.0 Å². The summed E-state index contributed by atoms with van der Waals surface area (Å²) in [5.74, 6) is 7.09. The third-order valence-electron chi connectivity index (χ3n) is 7.36. The van der Waals surface area contributed by atoms with Crippen molar-refractivity contribution >= 4 is 11.8 Å². The molecule has 2 aliphatic heterocycles. The lowest BCUT2D eigenvalue weighted by Crippen LogP contribution is -2.73. The molecule has 1 aromatic heterocycles. The molecule has 3 aliphatic rings. The minimum absolute atomic E-state index is 0.00696. The molecule has 3 fully saturated rings. The van der Waals surface area contributed by atoms with E-state index < -0.39 is 0 Å². The molecular weight excluding hydrogens is 414 g/mol. The summed E-state index contributed by atoms with van der Waals surface area (Å²) in [6.45, 7) is 0.404. The van der Waals surface area contributed by atoms with E-state index in [4.69, 9.17) is 0 Å². The van der Waals surface area contributed by atoms with Crippen LogP contribution in [0.1, 0.15) is 59.5 Å². The molecule has 170 valence electrons. The molecule has 1 N–H and O–H groups in total. The molecular formula is C27H29N3O3. The zero-order valence-electron chi connectivity index (χ0n) is 18.7. The number of carbonyl (C=O) groups is 2. The van der Waals surface area contributed by atoms with Crippen molar-refractivity contribution in [1.82, 2.24) is 14.8 Å². The fourth-order valence-electron chi connectivity index (χ4n) is 5.63. The fraction of sp³-hybridized carbons (Fsp3) is 0.444. The van der Waals surface area contributed by atoms with Crippen molar-refractivity contribution in [2.75, 3.05) is 19.7 Å². The number of rotatable bonds is 4. The molecule has 3 heterocycles. The van der Waals surface area contributed by atoms with Crippen LogP contribution in [-0.4, -0.2) is 63.5 Å². The Labute approximate surface area is 194 Å². The lowest BCUT2D eigenvalue weighted by molar-refractivity contribution is -0.159. The Morgan fingerprint density at radius 1 is 1.09 bits per heavy atom. The van der Waals surface area contributed by atoms with Gasteiger partial charge in [-0.15, -0.1) is 0 Å². The predicted molar refractivity (Wildman–Crippen MR) is 124 cm³/mol. The van der Waals surface area contributed by atoms with Gasteiger partial charge in [0.1, 0.15) is 6.54 Å². The molecule has 2 aromatic rings. The first-order chi connectivity index (χ1) is 16.2. The van der Waals surface area contributed by atoms with Gasteiger partial charge in [0.2, 0.25) is 5.91 Å². The first-order valence-electron chi connectivity index (χ1n) is 11.9. The number of carbonyl (C=O) groups excluding carboxylic acids is 2. The van der Waals surface area contributed by atoms with Crippen molar-refractivity contribution in [1.29, 1.82) is 0 Å². The summed E-state index contributed by atoms with van der Waals surface area (Å²) in [5.41, 5.74) is 2.59. The van der Waals surface area contributed by atoms with Gasteiger partial charge in [-0.05, 0) is 48.6 Å². The van der Waals surface area contributed by atoms with Crippen LogP contribution in [0.25, 0.3) is 0 Å². The maximum atomic E-state index is 12.9. The number of aliphatic hydroxyl groups excluding tert-OH is 1. The number of benzene rings is 1. The molecule has 2 saturated heterocycles. The summed E-state index contributed by atoms with van der Waals surface area (Å²) < 4.78 is 0. The summed E-state index contributed by atoms with van der Waals surface area (Å²) >= 11 is 0. The number of fused-ring (bicyclic) bond motifs is 1. The maximum Gasteiger partial charge on any atom is 0.254 e. The Hall–Kier alpha value is -3.17. The van der Waals surface area contributed by atoms with E-state index >= 15 is 0 Å². The molecule has 1 saturated carbocycles. The summed E-state index contributed by atoms with van der Waals surface area (Å²) in [5, 5.41) is 10.00. The quantitative estimate of drug-likeness (QED) is 0.738. The maximum absolute atomic E-state index is 12.9. The van der Waals surface area contributed by atoms with Gasteiger partial charge < -0.3 is 14.9 Å². The summed E-state index contributed by atoms with van der Waals surface area (Å²) in [6, 6.07) is 11.1. The van der Waals surface area contributed by atoms with Crippen LogP contribution >= 0.6 is 0 Å². The summed E-state index contributed by atoms with van der Waals surface area (Å²) in [7, 11) is 0. The van der Waals surface area contributed by atoms with Crippen LogP contribution in [-0.2, 0) is 4.79 Å². The number of aromatic nitrogens is 1. The molecule has 0 bridgehead atoms. The van der Waals surface area contributed by atoms with Crippen LogP contribution in [0.15, 0.2) is 48.8 Å². The highest BCUT2D eigenvalue weighted by atomic mass is 16.3. The zero-order chi connectivity index (χ0) is 22.8. The molecule has 0 spiro atoms. The van der Waals surface area contributed by atoms with Gasteiger partial charge in [0.25, 0.3) is 5.91 Å². The van der Waals surface area contributed by atoms with Crippen molar-refractivity contribution in [3.8, 4) is 11.8 Å². The third-order valence-corrected chi connectivity index (χ3v) is 7.36. The monoisotopic (exact) mass is 443 g/mol. The highest BCUT2D eigenvalue weighted by Crippen LogP contribution is 2.43. The largest absolute Gasteiger partial charge is 0.394 e. The second-order valence-corrected chi connectivity index (χ2v) is 9.34. The van der Waals surface area contributed by atoms with Crippen molar-refractivity contribution in [2.45, 2.75) is 50.1 Å². The van der Waals surface area contributed by atoms with Crippen molar-refractivity contribution in [3.63, 3.8) is 0 Å². The van der Waals surface area contributed by atoms with Gasteiger partial charge in [0.05, 0.1) is 18.7 Å². The molecule has 5 rings (SSSR count). The second-order valence-electron chi connectivity index (χ2n) is 9.34. The Morgan fingerprint density at radius 2 is 1.82 bits per heavy atom. The van der Waals surface area contributed by atoms with Crippen LogP contribution in [0.5, 0.6) is 0 Å². The van der Waals surface area contributed by atoms with E-state index in [1.165, 1.54) is 25.7 Å². The van der Waals surface area contributed by atoms with E-state index in [-0.39, 0.29) is 43.0 Å². The molecule has 2 amide bonds. The average molecular weight is 444 g/mol. The number of nitrogens with zero attached hydrogens (tertiary/aromatic N) is 3. The van der Waals surface area contributed by atoms with Crippen LogP contribution in [0.2, 0.25) is 0 Å². The standard InChI is InChI=1S/C27H29N3O3/c31-18-24-26(21-10-8-20(9-11-21)7-3-6-19-4-1-2-5-19)23-16-29(17-25(32)30(23)24)27(33)22-12-14-28-15-13-22/h8-15,19,23-24,26,31H,1-2,4-6,16-18H2/t23-,24-,26-/m1/s1. The van der Waals surface area contributed by atoms with Crippen LogP contribution < -0.4 is 0 Å². The Morgan fingerprint density at radius 3 is 2.52 bits per heavy atom. The predicted octanol–water partition coefficient (Wildman–Crippen LogP) is 2.82. The molecule has 0 radical (unpaired) electrons. The van der Waals surface area contributed by atoms with Gasteiger partial charge in [0, 0.05) is 42.4 Å². The van der Waals surface area contributed by atoms with Crippen LogP contribution in [0.3, 0.4) is 0 Å². The minimum Gasteiger partial charge on any atom is -0.394 e. The normalized spacial score (nSPS) is 24.6. The van der Waals surface area contributed by atoms with Crippen LogP contribution in [0.4, 0.5) is 0 Å². The number of pyridine rings is 1. The lowest BCUT2D eigenvalue weighted by Gasteiger charge is -2.58. The SMILES string of the molecule is O=C(c1ccncc1)N1CC(=O)N2[C@H](CO)[C@H](c3ccc(C#CCC4CCCC4)cc3)[C@H]2C1. The van der Waals surface area contributed by atoms with Crippen LogP contribution in [0, 0.1) is 17.8 Å². The zero-order valence-corrected chi connectivity index (χ0v) is 18.7. The third kappa shape index (κ3) is 4.26. The van der Waals surface area contributed by atoms with Gasteiger partial charge >= 0.3 is 0 Å². The molecule has 1 aromatic carbocycles. The first-order valence-corrected chi connectivity index (χ1v) is 11.9. The summed E-state index contributed by atoms with van der Waals surface area (Å²) in [4.78, 5) is 33.1. The van der Waals surface area contributed by atoms with E-state index in [1.54, 1.807) is 34.3 Å². The van der Waals surface area contributed by atoms with Gasteiger partial charge in [-0.25, -0.2) is 0 Å². The van der Waals surface area contributed by atoms with E-state index in [1.807, 2.05) is 12.1 Å². The Bertz CT molecular complexity index is 1070. The number of hydrogen-bond acceptors (Lipinski definition) is 4. The van der Waals surface area contributed by atoms with E-state index in [0.717, 1.165) is 23.5 Å². The van der Waals surface area contributed by atoms with Crippen molar-refractivity contribution in [3.05, 3.63) is 65.5 Å². The number of piperazine rings is 1. The molecule has 6 heteroatoms. The topological polar surface area (TPSA) is 73.7 Å². The summed E-state index contributed by atoms with van der Waals surface area (Å²) in [6.07, 6.45) is 9.40. The number of aliphatic hydroxyl groups is 1. The average Bonchev–Trinajstić information content (AvgIpc) is 3.35. The minimum atomic E-state index is -0.250. The van der Waals surface area contributed by atoms with Crippen molar-refractivity contribution < 1.29 is 14.7 Å². The smallest absolute Gasteiger partial charge is 0.254 e. The molecule has 0 unspecified atom stereocenters. The van der Waals surface area contributed by atoms with Gasteiger partial charge in [-0.2, -0.15) is 0 Å². The second kappa shape index (κ2) is 9.36. The fourth-order valence-corrected chi connectivity index (χ4v) is 5.63. The molecule has 6 nitrogen and oxygen atoms in total. The Balaban J connectivity index is 1.30. The van der Waals surface area contributed by atoms with Gasteiger partial charge in [0.15, 0.2) is 0 Å². The van der Waals surface area contributed by atoms with Gasteiger partial charge in [-0.1, -0.05) is 36.8 Å². The lowest BCUT2D eigenvalue weighted by atomic mass is 9.73. The number of amides is 2. The number of hydrogen-bond donors (Lipinski definition) is 1. The van der Waals surface area contributed by atoms with Crippen molar-refractivity contribution in [2.24, 2.45) is 5.92 Å². The molecule has 3 atom stereocenters.